The van der Waals surface area contributed by atoms with Crippen LogP contribution in [0.5, 0.6) is 0 Å². The third kappa shape index (κ3) is 4.67. The van der Waals surface area contributed by atoms with Gasteiger partial charge in [0.2, 0.25) is 11.8 Å². The molecule has 0 aliphatic carbocycles. The number of halogens is 3. The van der Waals surface area contributed by atoms with Crippen molar-refractivity contribution < 1.29 is 22.8 Å². The van der Waals surface area contributed by atoms with Crippen molar-refractivity contribution in [3.8, 4) is 0 Å². The lowest BCUT2D eigenvalue weighted by molar-refractivity contribution is -0.138. The van der Waals surface area contributed by atoms with Gasteiger partial charge >= 0.3 is 6.18 Å². The second-order valence-corrected chi connectivity index (χ2v) is 6.54. The average molecular weight is 378 g/mol. The molecule has 0 aromatic heterocycles. The highest BCUT2D eigenvalue weighted by molar-refractivity contribution is 6.14. The molecule has 0 atom stereocenters. The van der Waals surface area contributed by atoms with Crippen molar-refractivity contribution in [2.45, 2.75) is 26.9 Å². The first-order chi connectivity index (χ1) is 12.6. The van der Waals surface area contributed by atoms with Crippen LogP contribution in [0.25, 0.3) is 0 Å². The van der Waals surface area contributed by atoms with Gasteiger partial charge in [-0.25, -0.2) is 0 Å². The summed E-state index contributed by atoms with van der Waals surface area (Å²) in [6, 6.07) is 13.2. The molecule has 4 nitrogen and oxygen atoms in total. The third-order valence-electron chi connectivity index (χ3n) is 4.18. The molecule has 0 radical (unpaired) electrons. The average Bonchev–Trinajstić information content (AvgIpc) is 2.62. The zero-order valence-electron chi connectivity index (χ0n) is 15.3. The quantitative estimate of drug-likeness (QED) is 0.765. The molecule has 27 heavy (non-hydrogen) atoms. The van der Waals surface area contributed by atoms with Crippen LogP contribution in [0.3, 0.4) is 0 Å². The van der Waals surface area contributed by atoms with Crippen LogP contribution in [0.15, 0.2) is 54.6 Å². The zero-order chi connectivity index (χ0) is 20.2. The number of hydrogen-bond donors (Lipinski definition) is 1. The number of para-hydroxylation sites is 1. The molecule has 2 aromatic carbocycles. The topological polar surface area (TPSA) is 49.4 Å². The number of hydrogen-bond acceptors (Lipinski definition) is 2. The second-order valence-electron chi connectivity index (χ2n) is 6.54. The Balaban J connectivity index is 2.22. The highest BCUT2D eigenvalue weighted by Crippen LogP contribution is 2.31. The smallest absolute Gasteiger partial charge is 0.325 e. The van der Waals surface area contributed by atoms with Gasteiger partial charge in [-0.3, -0.25) is 9.59 Å². The highest BCUT2D eigenvalue weighted by Gasteiger charge is 2.39. The molecular weight excluding hydrogens is 357 g/mol. The summed E-state index contributed by atoms with van der Waals surface area (Å²) in [4.78, 5) is 27.1. The van der Waals surface area contributed by atoms with Crippen LogP contribution >= 0.6 is 0 Å². The summed E-state index contributed by atoms with van der Waals surface area (Å²) in [7, 11) is 0. The number of nitrogens with zero attached hydrogens (tertiary/aromatic N) is 1. The van der Waals surface area contributed by atoms with Gasteiger partial charge < -0.3 is 10.2 Å². The minimum Gasteiger partial charge on any atom is -0.325 e. The summed E-state index contributed by atoms with van der Waals surface area (Å²) in [5.74, 6) is -1.12. The van der Waals surface area contributed by atoms with E-state index >= 15 is 0 Å². The summed E-state index contributed by atoms with van der Waals surface area (Å²) in [5.41, 5.74) is -1.72. The Kier molecular flexibility index (Phi) is 5.93. The van der Waals surface area contributed by atoms with Crippen LogP contribution in [0.2, 0.25) is 0 Å². The van der Waals surface area contributed by atoms with Crippen molar-refractivity contribution in [3.63, 3.8) is 0 Å². The fourth-order valence-electron chi connectivity index (χ4n) is 2.55. The number of carbonyl (C=O) groups is 2. The molecular formula is C20H21F3N2O2. The molecule has 2 rings (SSSR count). The number of amides is 2. The minimum absolute atomic E-state index is 0.0153. The van der Waals surface area contributed by atoms with Gasteiger partial charge in [-0.2, -0.15) is 13.2 Å². The first-order valence-corrected chi connectivity index (χ1v) is 8.43. The van der Waals surface area contributed by atoms with E-state index < -0.39 is 29.0 Å². The standard InChI is InChI=1S/C20H21F3N2O2/c1-4-25(16-11-6-5-7-12-16)18(27)19(2,3)17(26)24-15-10-8-9-14(13-15)20(21,22)23/h5-13H,4H2,1-3H3,(H,24,26). The van der Waals surface area contributed by atoms with E-state index in [1.807, 2.05) is 6.07 Å². The largest absolute Gasteiger partial charge is 0.416 e. The van der Waals surface area contributed by atoms with E-state index in [2.05, 4.69) is 5.32 Å². The SMILES string of the molecule is CCN(C(=O)C(C)(C)C(=O)Nc1cccc(C(F)(F)F)c1)c1ccccc1. The van der Waals surface area contributed by atoms with Crippen LogP contribution in [0, 0.1) is 5.41 Å². The van der Waals surface area contributed by atoms with E-state index in [9.17, 15) is 22.8 Å². The first kappa shape index (κ1) is 20.5. The molecule has 7 heteroatoms. The predicted molar refractivity (Wildman–Crippen MR) is 98.3 cm³/mol. The zero-order valence-corrected chi connectivity index (χ0v) is 15.3. The first-order valence-electron chi connectivity index (χ1n) is 8.43. The number of carbonyl (C=O) groups excluding carboxylic acids is 2. The monoisotopic (exact) mass is 378 g/mol. The predicted octanol–water partition coefficient (Wildman–Crippen LogP) is 4.72. The van der Waals surface area contributed by atoms with Crippen molar-refractivity contribution >= 4 is 23.2 Å². The molecule has 2 aromatic rings. The summed E-state index contributed by atoms with van der Waals surface area (Å²) in [5, 5.41) is 2.42. The van der Waals surface area contributed by atoms with Crippen molar-refractivity contribution in [2.75, 3.05) is 16.8 Å². The number of alkyl halides is 3. The van der Waals surface area contributed by atoms with Crippen LogP contribution in [0.4, 0.5) is 24.5 Å². The minimum atomic E-state index is -4.52. The third-order valence-corrected chi connectivity index (χ3v) is 4.18. The lowest BCUT2D eigenvalue weighted by Gasteiger charge is -2.30. The van der Waals surface area contributed by atoms with Crippen LogP contribution in [0.1, 0.15) is 26.3 Å². The van der Waals surface area contributed by atoms with E-state index in [0.29, 0.717) is 12.2 Å². The van der Waals surface area contributed by atoms with E-state index in [-0.39, 0.29) is 5.69 Å². The Morgan fingerprint density at radius 2 is 1.63 bits per heavy atom. The van der Waals surface area contributed by atoms with Gasteiger partial charge in [0.1, 0.15) is 5.41 Å². The maximum atomic E-state index is 12.9. The molecule has 0 spiro atoms. The van der Waals surface area contributed by atoms with Gasteiger partial charge in [0, 0.05) is 17.9 Å². The lowest BCUT2D eigenvalue weighted by Crippen LogP contribution is -2.47. The van der Waals surface area contributed by atoms with Crippen molar-refractivity contribution in [2.24, 2.45) is 5.41 Å². The van der Waals surface area contributed by atoms with Crippen molar-refractivity contribution in [1.82, 2.24) is 0 Å². The van der Waals surface area contributed by atoms with Gasteiger partial charge in [0.05, 0.1) is 5.56 Å². The highest BCUT2D eigenvalue weighted by atomic mass is 19.4. The van der Waals surface area contributed by atoms with E-state index in [1.165, 1.54) is 30.9 Å². The maximum absolute atomic E-state index is 12.9. The van der Waals surface area contributed by atoms with E-state index in [4.69, 9.17) is 0 Å². The Hall–Kier alpha value is -2.83. The van der Waals surface area contributed by atoms with Crippen LogP contribution in [-0.2, 0) is 15.8 Å². The lowest BCUT2D eigenvalue weighted by atomic mass is 9.89. The Labute approximate surface area is 156 Å². The summed E-state index contributed by atoms with van der Waals surface area (Å²) < 4.78 is 38.5. The summed E-state index contributed by atoms with van der Waals surface area (Å²) >= 11 is 0. The Bertz CT molecular complexity index is 817. The van der Waals surface area contributed by atoms with Gasteiger partial charge in [-0.15, -0.1) is 0 Å². The fourth-order valence-corrected chi connectivity index (χ4v) is 2.55. The van der Waals surface area contributed by atoms with Crippen molar-refractivity contribution in [3.05, 3.63) is 60.2 Å². The second kappa shape index (κ2) is 7.82. The van der Waals surface area contributed by atoms with Gasteiger partial charge in [-0.05, 0) is 51.1 Å². The summed E-state index contributed by atoms with van der Waals surface area (Å²) in [6.07, 6.45) is -4.52. The molecule has 0 heterocycles. The molecule has 1 N–H and O–H groups in total. The maximum Gasteiger partial charge on any atom is 0.416 e. The Morgan fingerprint density at radius 1 is 1.00 bits per heavy atom. The molecule has 0 saturated heterocycles. The van der Waals surface area contributed by atoms with Gasteiger partial charge in [0.15, 0.2) is 0 Å². The fraction of sp³-hybridized carbons (Fsp3) is 0.300. The number of benzene rings is 2. The summed E-state index contributed by atoms with van der Waals surface area (Å²) in [6.45, 7) is 5.03. The van der Waals surface area contributed by atoms with Crippen LogP contribution in [-0.4, -0.2) is 18.4 Å². The molecule has 0 fully saturated rings. The van der Waals surface area contributed by atoms with Gasteiger partial charge in [-0.1, -0.05) is 24.3 Å². The molecule has 0 bridgehead atoms. The molecule has 2 amide bonds. The van der Waals surface area contributed by atoms with E-state index in [1.54, 1.807) is 31.2 Å². The van der Waals surface area contributed by atoms with E-state index in [0.717, 1.165) is 12.1 Å². The molecule has 0 aliphatic rings. The normalized spacial score (nSPS) is 11.8. The molecule has 0 saturated carbocycles. The molecule has 144 valence electrons. The Morgan fingerprint density at radius 3 is 2.19 bits per heavy atom. The van der Waals surface area contributed by atoms with Gasteiger partial charge in [0.25, 0.3) is 0 Å². The molecule has 0 aliphatic heterocycles. The molecule has 0 unspecified atom stereocenters. The number of rotatable bonds is 5. The van der Waals surface area contributed by atoms with Crippen molar-refractivity contribution in [1.29, 1.82) is 0 Å². The number of anilines is 2. The number of nitrogens with one attached hydrogen (secondary N) is 1. The van der Waals surface area contributed by atoms with Crippen LogP contribution < -0.4 is 10.2 Å².